The summed E-state index contributed by atoms with van der Waals surface area (Å²) < 4.78 is 5.53. The van der Waals surface area contributed by atoms with Crippen LogP contribution in [0.4, 0.5) is 11.4 Å². The second-order valence-electron chi connectivity index (χ2n) is 7.59. The van der Waals surface area contributed by atoms with Crippen molar-refractivity contribution in [3.8, 4) is 5.75 Å². The molecule has 0 saturated carbocycles. The van der Waals surface area contributed by atoms with Gasteiger partial charge in [-0.3, -0.25) is 14.4 Å². The van der Waals surface area contributed by atoms with Gasteiger partial charge in [0.05, 0.1) is 17.9 Å². The first-order valence-corrected chi connectivity index (χ1v) is 10.6. The summed E-state index contributed by atoms with van der Waals surface area (Å²) in [6.07, 6.45) is 0. The van der Waals surface area contributed by atoms with Crippen molar-refractivity contribution >= 4 is 39.9 Å². The lowest BCUT2D eigenvalue weighted by molar-refractivity contribution is 0.0892. The first kappa shape index (κ1) is 20.5. The Morgan fingerprint density at radius 1 is 0.818 bits per heavy atom. The van der Waals surface area contributed by atoms with Gasteiger partial charge in [-0.1, -0.05) is 36.4 Å². The van der Waals surface area contributed by atoms with E-state index in [0.29, 0.717) is 45.8 Å². The lowest BCUT2D eigenvalue weighted by atomic mass is 9.94. The molecule has 6 nitrogen and oxygen atoms in total. The highest BCUT2D eigenvalue weighted by Crippen LogP contribution is 2.33. The monoisotopic (exact) mass is 436 g/mol. The van der Waals surface area contributed by atoms with Crippen molar-refractivity contribution in [2.45, 2.75) is 6.92 Å². The maximum Gasteiger partial charge on any atom is 0.265 e. The van der Waals surface area contributed by atoms with E-state index in [9.17, 15) is 14.4 Å². The van der Waals surface area contributed by atoms with Crippen LogP contribution in [0.3, 0.4) is 0 Å². The number of nitrogens with one attached hydrogen (secondary N) is 1. The maximum atomic E-state index is 13.2. The minimum Gasteiger partial charge on any atom is -0.493 e. The molecule has 162 valence electrons. The first-order valence-electron chi connectivity index (χ1n) is 10.6. The number of carbonyl (C=O) groups excluding carboxylic acids is 3. The fourth-order valence-corrected chi connectivity index (χ4v) is 4.09. The van der Waals surface area contributed by atoms with Gasteiger partial charge in [-0.05, 0) is 60.8 Å². The van der Waals surface area contributed by atoms with Crippen LogP contribution in [0.5, 0.6) is 5.75 Å². The number of rotatable bonds is 5. The first-order chi connectivity index (χ1) is 16.1. The van der Waals surface area contributed by atoms with Gasteiger partial charge in [-0.15, -0.1) is 0 Å². The second kappa shape index (κ2) is 8.24. The standard InChI is InChI=1S/C27H20N2O4/c1-2-33-23-12-4-3-9-20(23)25(30)28-18-13-15-19(16-14-18)29-26(31)21-10-5-7-17-8-6-11-22(24(17)21)27(29)32/h3-16H,2H2,1H3,(H,28,30). The van der Waals surface area contributed by atoms with Gasteiger partial charge in [0.1, 0.15) is 5.75 Å². The summed E-state index contributed by atoms with van der Waals surface area (Å²) in [5.74, 6) is -0.539. The van der Waals surface area contributed by atoms with Gasteiger partial charge in [-0.2, -0.15) is 0 Å². The van der Waals surface area contributed by atoms with Gasteiger partial charge < -0.3 is 10.1 Å². The molecule has 6 heteroatoms. The van der Waals surface area contributed by atoms with E-state index in [1.165, 1.54) is 4.90 Å². The van der Waals surface area contributed by atoms with Gasteiger partial charge >= 0.3 is 0 Å². The molecule has 5 rings (SSSR count). The summed E-state index contributed by atoms with van der Waals surface area (Å²) >= 11 is 0. The number of hydrogen-bond donors (Lipinski definition) is 1. The number of benzene rings is 4. The normalized spacial score (nSPS) is 12.7. The largest absolute Gasteiger partial charge is 0.493 e. The lowest BCUT2D eigenvalue weighted by Crippen LogP contribution is -2.40. The predicted octanol–water partition coefficient (Wildman–Crippen LogP) is 5.29. The summed E-state index contributed by atoms with van der Waals surface area (Å²) in [6.45, 7) is 2.31. The highest BCUT2D eigenvalue weighted by atomic mass is 16.5. The topological polar surface area (TPSA) is 75.7 Å². The molecule has 0 saturated heterocycles. The van der Waals surface area contributed by atoms with Crippen molar-refractivity contribution in [3.63, 3.8) is 0 Å². The molecule has 0 aliphatic carbocycles. The smallest absolute Gasteiger partial charge is 0.265 e. The zero-order chi connectivity index (χ0) is 22.9. The number of anilines is 2. The van der Waals surface area contributed by atoms with E-state index >= 15 is 0 Å². The number of carbonyl (C=O) groups is 3. The molecule has 1 N–H and O–H groups in total. The van der Waals surface area contributed by atoms with Crippen LogP contribution in [0.1, 0.15) is 38.0 Å². The summed E-state index contributed by atoms with van der Waals surface area (Å²) in [5, 5.41) is 4.38. The Morgan fingerprint density at radius 2 is 1.45 bits per heavy atom. The number of nitrogens with zero attached hydrogens (tertiary/aromatic N) is 1. The Hall–Kier alpha value is -4.45. The second-order valence-corrected chi connectivity index (χ2v) is 7.59. The predicted molar refractivity (Wildman–Crippen MR) is 127 cm³/mol. The van der Waals surface area contributed by atoms with Crippen LogP contribution < -0.4 is 15.0 Å². The molecule has 0 fully saturated rings. The van der Waals surface area contributed by atoms with Crippen LogP contribution in [0, 0.1) is 0 Å². The molecule has 33 heavy (non-hydrogen) atoms. The molecule has 3 amide bonds. The molecular formula is C27H20N2O4. The van der Waals surface area contributed by atoms with Crippen molar-refractivity contribution < 1.29 is 19.1 Å². The summed E-state index contributed by atoms with van der Waals surface area (Å²) in [6, 6.07) is 24.5. The number of para-hydroxylation sites is 1. The van der Waals surface area contributed by atoms with Crippen molar-refractivity contribution in [1.29, 1.82) is 0 Å². The van der Waals surface area contributed by atoms with Crippen molar-refractivity contribution in [2.75, 3.05) is 16.8 Å². The van der Waals surface area contributed by atoms with E-state index < -0.39 is 0 Å². The SMILES string of the molecule is CCOc1ccccc1C(=O)Nc1ccc(N2C(=O)c3cccc4cccc(c34)C2=O)cc1. The van der Waals surface area contributed by atoms with E-state index in [0.717, 1.165) is 5.39 Å². The maximum absolute atomic E-state index is 13.2. The fraction of sp³-hybridized carbons (Fsp3) is 0.0741. The fourth-order valence-electron chi connectivity index (χ4n) is 4.09. The van der Waals surface area contributed by atoms with Gasteiger partial charge in [0.2, 0.25) is 0 Å². The number of ether oxygens (including phenoxy) is 1. The Bertz CT molecular complexity index is 1360. The van der Waals surface area contributed by atoms with E-state index in [1.807, 2.05) is 37.3 Å². The third-order valence-corrected chi connectivity index (χ3v) is 5.59. The molecule has 0 radical (unpaired) electrons. The Balaban J connectivity index is 1.42. The van der Waals surface area contributed by atoms with Crippen LogP contribution in [0.25, 0.3) is 10.8 Å². The molecule has 1 aliphatic heterocycles. The molecular weight excluding hydrogens is 416 g/mol. The quantitative estimate of drug-likeness (QED) is 0.431. The minimum absolute atomic E-state index is 0.308. The highest BCUT2D eigenvalue weighted by molar-refractivity contribution is 6.35. The summed E-state index contributed by atoms with van der Waals surface area (Å²) in [5.41, 5.74) is 2.38. The minimum atomic E-state index is -0.369. The van der Waals surface area contributed by atoms with Crippen LogP contribution in [-0.4, -0.2) is 24.3 Å². The van der Waals surface area contributed by atoms with Crippen LogP contribution in [-0.2, 0) is 0 Å². The zero-order valence-electron chi connectivity index (χ0n) is 17.9. The Kier molecular flexibility index (Phi) is 5.11. The Labute approximate surface area is 190 Å². The molecule has 0 spiro atoms. The Morgan fingerprint density at radius 3 is 2.09 bits per heavy atom. The van der Waals surface area contributed by atoms with Crippen LogP contribution in [0.15, 0.2) is 84.9 Å². The van der Waals surface area contributed by atoms with E-state index in [4.69, 9.17) is 4.74 Å². The van der Waals surface area contributed by atoms with Crippen molar-refractivity contribution in [1.82, 2.24) is 0 Å². The van der Waals surface area contributed by atoms with Gasteiger partial charge in [0.15, 0.2) is 0 Å². The molecule has 0 aromatic heterocycles. The molecule has 4 aromatic carbocycles. The van der Waals surface area contributed by atoms with Crippen molar-refractivity contribution in [2.24, 2.45) is 0 Å². The van der Waals surface area contributed by atoms with Gasteiger partial charge in [0.25, 0.3) is 17.7 Å². The third-order valence-electron chi connectivity index (χ3n) is 5.59. The molecule has 4 aromatic rings. The molecule has 0 atom stereocenters. The molecule has 1 aliphatic rings. The third kappa shape index (κ3) is 3.51. The van der Waals surface area contributed by atoms with E-state index in [-0.39, 0.29) is 17.7 Å². The number of imide groups is 1. The van der Waals surface area contributed by atoms with Crippen LogP contribution >= 0.6 is 0 Å². The van der Waals surface area contributed by atoms with Crippen LogP contribution in [0.2, 0.25) is 0 Å². The number of hydrogen-bond acceptors (Lipinski definition) is 4. The average Bonchev–Trinajstić information content (AvgIpc) is 2.84. The summed E-state index contributed by atoms with van der Waals surface area (Å²) in [7, 11) is 0. The van der Waals surface area contributed by atoms with Gasteiger partial charge in [0, 0.05) is 22.2 Å². The molecule has 1 heterocycles. The molecule has 0 bridgehead atoms. The average molecular weight is 436 g/mol. The van der Waals surface area contributed by atoms with E-state index in [2.05, 4.69) is 5.32 Å². The number of amides is 3. The van der Waals surface area contributed by atoms with Gasteiger partial charge in [-0.25, -0.2) is 4.90 Å². The lowest BCUT2D eigenvalue weighted by Gasteiger charge is -2.27. The van der Waals surface area contributed by atoms with E-state index in [1.54, 1.807) is 54.6 Å². The molecule has 0 unspecified atom stereocenters. The zero-order valence-corrected chi connectivity index (χ0v) is 17.9. The summed E-state index contributed by atoms with van der Waals surface area (Å²) in [4.78, 5) is 40.3. The van der Waals surface area contributed by atoms with Crippen molar-refractivity contribution in [3.05, 3.63) is 102 Å². The highest BCUT2D eigenvalue weighted by Gasteiger charge is 2.33.